The van der Waals surface area contributed by atoms with E-state index in [-0.39, 0.29) is 0 Å². The van der Waals surface area contributed by atoms with Gasteiger partial charge in [-0.05, 0) is 43.7 Å². The third-order valence-electron chi connectivity index (χ3n) is 4.72. The fourth-order valence-corrected chi connectivity index (χ4v) is 4.16. The number of ether oxygens (including phenoxy) is 1. The minimum absolute atomic E-state index is 0.335. The van der Waals surface area contributed by atoms with Crippen LogP contribution in [0.2, 0.25) is 0 Å². The highest BCUT2D eigenvalue weighted by molar-refractivity contribution is 7.98. The molecule has 23 heavy (non-hydrogen) atoms. The van der Waals surface area contributed by atoms with Gasteiger partial charge in [-0.2, -0.15) is 0 Å². The molecule has 122 valence electrons. The smallest absolute Gasteiger partial charge is 0.191 e. The van der Waals surface area contributed by atoms with Gasteiger partial charge in [0.15, 0.2) is 5.16 Å². The van der Waals surface area contributed by atoms with Crippen LogP contribution < -0.4 is 0 Å². The van der Waals surface area contributed by atoms with E-state index in [4.69, 9.17) is 4.74 Å². The van der Waals surface area contributed by atoms with Crippen LogP contribution in [0.15, 0.2) is 29.4 Å². The molecule has 1 atom stereocenters. The van der Waals surface area contributed by atoms with Crippen LogP contribution in [0.3, 0.4) is 0 Å². The molecule has 2 heterocycles. The first-order valence-electron chi connectivity index (χ1n) is 8.53. The van der Waals surface area contributed by atoms with Crippen LogP contribution in [0.1, 0.15) is 48.6 Å². The lowest BCUT2D eigenvalue weighted by Gasteiger charge is -2.14. The van der Waals surface area contributed by atoms with E-state index in [1.165, 1.54) is 36.2 Å². The average Bonchev–Trinajstić information content (AvgIpc) is 3.13. The summed E-state index contributed by atoms with van der Waals surface area (Å²) in [5, 5.41) is 10.0. The van der Waals surface area contributed by atoms with Gasteiger partial charge in [-0.1, -0.05) is 36.0 Å². The molecule has 1 aromatic carbocycles. The van der Waals surface area contributed by atoms with Crippen LogP contribution >= 0.6 is 11.8 Å². The molecule has 1 aliphatic carbocycles. The van der Waals surface area contributed by atoms with Gasteiger partial charge in [-0.15, -0.1) is 10.2 Å². The third kappa shape index (κ3) is 3.45. The Balaban J connectivity index is 1.51. The van der Waals surface area contributed by atoms with Crippen LogP contribution in [0.25, 0.3) is 0 Å². The lowest BCUT2D eigenvalue weighted by atomic mass is 10.1. The molecule has 0 N–H and O–H groups in total. The van der Waals surface area contributed by atoms with E-state index in [0.717, 1.165) is 30.5 Å². The maximum absolute atomic E-state index is 5.83. The first-order valence-corrected chi connectivity index (χ1v) is 9.52. The summed E-state index contributed by atoms with van der Waals surface area (Å²) < 4.78 is 8.16. The van der Waals surface area contributed by atoms with Crippen molar-refractivity contribution < 1.29 is 4.74 Å². The minimum atomic E-state index is 0.335. The Kier molecular flexibility index (Phi) is 4.40. The predicted octanol–water partition coefficient (Wildman–Crippen LogP) is 3.94. The molecule has 0 radical (unpaired) electrons. The molecule has 1 saturated heterocycles. The van der Waals surface area contributed by atoms with Gasteiger partial charge in [0.25, 0.3) is 0 Å². The van der Waals surface area contributed by atoms with Crippen molar-refractivity contribution in [2.45, 2.75) is 62.1 Å². The Morgan fingerprint density at radius 1 is 1.22 bits per heavy atom. The molecule has 1 aromatic heterocycles. The van der Waals surface area contributed by atoms with Crippen LogP contribution in [0, 0.1) is 6.92 Å². The normalized spacial score (nSPS) is 21.0. The average molecular weight is 329 g/mol. The zero-order valence-corrected chi connectivity index (χ0v) is 14.4. The van der Waals surface area contributed by atoms with Crippen molar-refractivity contribution in [3.8, 4) is 0 Å². The molecule has 0 amide bonds. The number of aromatic nitrogens is 3. The number of hydrogen-bond donors (Lipinski definition) is 0. The van der Waals surface area contributed by atoms with Gasteiger partial charge in [-0.25, -0.2) is 0 Å². The zero-order valence-electron chi connectivity index (χ0n) is 13.6. The lowest BCUT2D eigenvalue weighted by molar-refractivity contribution is 0.0942. The van der Waals surface area contributed by atoms with Crippen molar-refractivity contribution in [3.05, 3.63) is 41.2 Å². The summed E-state index contributed by atoms with van der Waals surface area (Å²) in [4.78, 5) is 0. The summed E-state index contributed by atoms with van der Waals surface area (Å²) in [6.45, 7) is 3.98. The second kappa shape index (κ2) is 6.65. The van der Waals surface area contributed by atoms with E-state index >= 15 is 0 Å². The quantitative estimate of drug-likeness (QED) is 0.753. The fraction of sp³-hybridized carbons (Fsp3) is 0.556. The molecular formula is C18H23N3OS. The molecule has 4 rings (SSSR count). The van der Waals surface area contributed by atoms with Crippen molar-refractivity contribution in [2.75, 3.05) is 6.61 Å². The first kappa shape index (κ1) is 15.2. The van der Waals surface area contributed by atoms with Gasteiger partial charge in [0.2, 0.25) is 0 Å². The summed E-state index contributed by atoms with van der Waals surface area (Å²) in [6.07, 6.45) is 5.18. The van der Waals surface area contributed by atoms with E-state index in [2.05, 4.69) is 46.0 Å². The molecule has 1 unspecified atom stereocenters. The van der Waals surface area contributed by atoms with Gasteiger partial charge in [0.1, 0.15) is 5.82 Å². The molecule has 2 fully saturated rings. The first-order chi connectivity index (χ1) is 11.3. The van der Waals surface area contributed by atoms with Crippen molar-refractivity contribution in [1.82, 2.24) is 14.8 Å². The highest BCUT2D eigenvalue weighted by atomic mass is 32.2. The molecule has 4 nitrogen and oxygen atoms in total. The highest BCUT2D eigenvalue weighted by Gasteiger charge is 2.31. The summed E-state index contributed by atoms with van der Waals surface area (Å²) in [7, 11) is 0. The number of nitrogens with zero attached hydrogens (tertiary/aromatic N) is 3. The predicted molar refractivity (Wildman–Crippen MR) is 91.7 cm³/mol. The van der Waals surface area contributed by atoms with Crippen LogP contribution in [0.5, 0.6) is 0 Å². The number of hydrogen-bond acceptors (Lipinski definition) is 4. The SMILES string of the molecule is Cc1ccccc1CSc1nnc(C2CC2)n1CC1CCCO1. The highest BCUT2D eigenvalue weighted by Crippen LogP contribution is 2.40. The summed E-state index contributed by atoms with van der Waals surface area (Å²) in [5.74, 6) is 2.74. The molecule has 0 bridgehead atoms. The molecule has 1 aliphatic heterocycles. The van der Waals surface area contributed by atoms with Gasteiger partial charge >= 0.3 is 0 Å². The van der Waals surface area contributed by atoms with Gasteiger partial charge in [0.05, 0.1) is 12.6 Å². The van der Waals surface area contributed by atoms with E-state index < -0.39 is 0 Å². The summed E-state index contributed by atoms with van der Waals surface area (Å²) in [5.41, 5.74) is 2.71. The Morgan fingerprint density at radius 2 is 2.09 bits per heavy atom. The monoisotopic (exact) mass is 329 g/mol. The number of benzene rings is 1. The fourth-order valence-electron chi connectivity index (χ4n) is 3.13. The van der Waals surface area contributed by atoms with Crippen LogP contribution in [0.4, 0.5) is 0 Å². The van der Waals surface area contributed by atoms with E-state index in [0.29, 0.717) is 12.0 Å². The Hall–Kier alpha value is -1.33. The van der Waals surface area contributed by atoms with Crippen LogP contribution in [-0.4, -0.2) is 27.5 Å². The molecular weight excluding hydrogens is 306 g/mol. The third-order valence-corrected chi connectivity index (χ3v) is 5.73. The number of thioether (sulfide) groups is 1. The largest absolute Gasteiger partial charge is 0.376 e. The van der Waals surface area contributed by atoms with E-state index in [1.807, 2.05) is 0 Å². The lowest BCUT2D eigenvalue weighted by Crippen LogP contribution is -2.17. The molecule has 1 saturated carbocycles. The summed E-state index contributed by atoms with van der Waals surface area (Å²) >= 11 is 1.80. The standard InChI is InChI=1S/C18H23N3OS/c1-13-5-2-3-6-15(13)12-23-18-20-19-17(14-8-9-14)21(18)11-16-7-4-10-22-16/h2-3,5-6,14,16H,4,7-12H2,1H3. The Bertz CT molecular complexity index is 675. The zero-order chi connectivity index (χ0) is 15.6. The van der Waals surface area contributed by atoms with Crippen LogP contribution in [-0.2, 0) is 17.0 Å². The Labute approximate surface area is 141 Å². The second-order valence-corrected chi connectivity index (χ2v) is 7.52. The van der Waals surface area contributed by atoms with Gasteiger partial charge < -0.3 is 9.30 Å². The second-order valence-electron chi connectivity index (χ2n) is 6.58. The molecule has 2 aliphatic rings. The Morgan fingerprint density at radius 3 is 2.83 bits per heavy atom. The maximum Gasteiger partial charge on any atom is 0.191 e. The molecule has 0 spiro atoms. The van der Waals surface area contributed by atoms with Crippen molar-refractivity contribution >= 4 is 11.8 Å². The minimum Gasteiger partial charge on any atom is -0.376 e. The summed E-state index contributed by atoms with van der Waals surface area (Å²) in [6, 6.07) is 8.57. The van der Waals surface area contributed by atoms with Crippen molar-refractivity contribution in [1.29, 1.82) is 0 Å². The number of rotatable bonds is 6. The molecule has 2 aromatic rings. The van der Waals surface area contributed by atoms with Gasteiger partial charge in [-0.3, -0.25) is 0 Å². The van der Waals surface area contributed by atoms with Crippen molar-refractivity contribution in [3.63, 3.8) is 0 Å². The van der Waals surface area contributed by atoms with Gasteiger partial charge in [0, 0.05) is 18.3 Å². The van der Waals surface area contributed by atoms with E-state index in [1.54, 1.807) is 11.8 Å². The maximum atomic E-state index is 5.83. The topological polar surface area (TPSA) is 39.9 Å². The van der Waals surface area contributed by atoms with E-state index in [9.17, 15) is 0 Å². The number of aryl methyl sites for hydroxylation is 1. The van der Waals surface area contributed by atoms with Crippen molar-refractivity contribution in [2.24, 2.45) is 0 Å². The molecule has 5 heteroatoms.